The van der Waals surface area contributed by atoms with Crippen molar-refractivity contribution >= 4 is 42.8 Å². The molecule has 1 fully saturated rings. The van der Waals surface area contributed by atoms with Gasteiger partial charge < -0.3 is 10.1 Å². The lowest BCUT2D eigenvalue weighted by Gasteiger charge is -2.19. The largest absolute Gasteiger partial charge is 0.455 e. The van der Waals surface area contributed by atoms with E-state index in [0.29, 0.717) is 18.4 Å². The van der Waals surface area contributed by atoms with Crippen molar-refractivity contribution in [1.29, 1.82) is 0 Å². The van der Waals surface area contributed by atoms with Crippen molar-refractivity contribution in [2.24, 2.45) is 0 Å². The fourth-order valence-corrected chi connectivity index (χ4v) is 5.48. The van der Waals surface area contributed by atoms with Gasteiger partial charge in [0.05, 0.1) is 27.6 Å². The minimum absolute atomic E-state index is 0.0131. The Hall–Kier alpha value is -3.38. The molecule has 1 saturated carbocycles. The summed E-state index contributed by atoms with van der Waals surface area (Å²) in [4.78, 5) is 0. The second kappa shape index (κ2) is 10.2. The number of rotatable bonds is 10. The zero-order valence-corrected chi connectivity index (χ0v) is 22.0. The summed E-state index contributed by atoms with van der Waals surface area (Å²) in [6.45, 7) is 4.77. The Kier molecular flexibility index (Phi) is 7.33. The number of anilines is 4. The first-order valence-corrected chi connectivity index (χ1v) is 14.6. The summed E-state index contributed by atoms with van der Waals surface area (Å²) in [7, 11) is -7.45. The van der Waals surface area contributed by atoms with Crippen molar-refractivity contribution in [1.82, 2.24) is 0 Å². The molecule has 3 aromatic rings. The first-order chi connectivity index (χ1) is 17.3. The molecule has 0 radical (unpaired) electrons. The van der Waals surface area contributed by atoms with Gasteiger partial charge in [0.25, 0.3) is 0 Å². The summed E-state index contributed by atoms with van der Waals surface area (Å²) >= 11 is 0. The standard InChI is InChI=1S/C25H27F2N3O5S2/c1-15(2)36(31,32)29-18-5-4-6-19(14-18)35-24-13-17(26)12-23(25(24)30-37(33,34)20-8-9-20)28-22-10-7-16(3)11-21(22)27/h4-7,10-15,20,28-30H,8-9H2,1-3H3. The first kappa shape index (κ1) is 26.7. The van der Waals surface area contributed by atoms with Gasteiger partial charge in [-0.15, -0.1) is 0 Å². The van der Waals surface area contributed by atoms with E-state index in [1.165, 1.54) is 50.2 Å². The lowest BCUT2D eigenvalue weighted by molar-refractivity contribution is 0.479. The van der Waals surface area contributed by atoms with Crippen LogP contribution in [0.5, 0.6) is 11.5 Å². The average Bonchev–Trinajstić information content (AvgIpc) is 3.64. The van der Waals surface area contributed by atoms with Gasteiger partial charge in [0.15, 0.2) is 5.75 Å². The summed E-state index contributed by atoms with van der Waals surface area (Å²) in [6.07, 6.45) is 0.972. The number of ether oxygens (including phenoxy) is 1. The van der Waals surface area contributed by atoms with Gasteiger partial charge in [-0.2, -0.15) is 0 Å². The van der Waals surface area contributed by atoms with Gasteiger partial charge in [-0.25, -0.2) is 25.6 Å². The molecule has 8 nitrogen and oxygen atoms in total. The van der Waals surface area contributed by atoms with Crippen LogP contribution in [0.25, 0.3) is 0 Å². The predicted molar refractivity (Wildman–Crippen MR) is 141 cm³/mol. The van der Waals surface area contributed by atoms with Gasteiger partial charge in [-0.3, -0.25) is 9.44 Å². The van der Waals surface area contributed by atoms with E-state index in [-0.39, 0.29) is 34.2 Å². The predicted octanol–water partition coefficient (Wildman–Crippen LogP) is 5.86. The monoisotopic (exact) mass is 551 g/mol. The maximum Gasteiger partial charge on any atom is 0.235 e. The third kappa shape index (κ3) is 6.50. The number of sulfonamides is 2. The molecule has 4 rings (SSSR count). The van der Waals surface area contributed by atoms with E-state index < -0.39 is 42.2 Å². The fraction of sp³-hybridized carbons (Fsp3) is 0.280. The van der Waals surface area contributed by atoms with Crippen molar-refractivity contribution in [3.05, 3.63) is 71.8 Å². The van der Waals surface area contributed by atoms with Crippen molar-refractivity contribution in [2.75, 3.05) is 14.8 Å². The van der Waals surface area contributed by atoms with Crippen LogP contribution in [-0.4, -0.2) is 27.3 Å². The zero-order chi connectivity index (χ0) is 27.0. The summed E-state index contributed by atoms with van der Waals surface area (Å²) < 4.78 is 90.1. The molecular weight excluding hydrogens is 524 g/mol. The molecule has 37 heavy (non-hydrogen) atoms. The highest BCUT2D eigenvalue weighted by Gasteiger charge is 2.37. The third-order valence-corrected chi connectivity index (χ3v) is 9.21. The van der Waals surface area contributed by atoms with Gasteiger partial charge in [-0.1, -0.05) is 12.1 Å². The van der Waals surface area contributed by atoms with Crippen LogP contribution in [0.4, 0.5) is 31.5 Å². The molecule has 0 saturated heterocycles. The quantitative estimate of drug-likeness (QED) is 0.291. The van der Waals surface area contributed by atoms with E-state index in [9.17, 15) is 25.6 Å². The van der Waals surface area contributed by atoms with Gasteiger partial charge in [0.1, 0.15) is 23.1 Å². The summed E-state index contributed by atoms with van der Waals surface area (Å²) in [6, 6.07) is 12.4. The molecule has 0 unspecified atom stereocenters. The van der Waals surface area contributed by atoms with Gasteiger partial charge in [0, 0.05) is 12.1 Å². The summed E-state index contributed by atoms with van der Waals surface area (Å²) in [5.74, 6) is -1.44. The highest BCUT2D eigenvalue weighted by molar-refractivity contribution is 7.93. The number of aryl methyl sites for hydroxylation is 1. The van der Waals surface area contributed by atoms with E-state index in [0.717, 1.165) is 12.1 Å². The molecule has 198 valence electrons. The van der Waals surface area contributed by atoms with Crippen LogP contribution in [-0.2, 0) is 20.0 Å². The molecule has 0 spiro atoms. The average molecular weight is 552 g/mol. The molecule has 0 aromatic heterocycles. The Labute approximate surface area is 215 Å². The molecule has 0 amide bonds. The Morgan fingerprint density at radius 3 is 2.30 bits per heavy atom. The number of hydrogen-bond donors (Lipinski definition) is 3. The summed E-state index contributed by atoms with van der Waals surface area (Å²) in [5.41, 5.74) is 0.732. The van der Waals surface area contributed by atoms with Crippen LogP contribution in [0.15, 0.2) is 54.6 Å². The smallest absolute Gasteiger partial charge is 0.235 e. The Morgan fingerprint density at radius 1 is 0.919 bits per heavy atom. The maximum atomic E-state index is 14.7. The van der Waals surface area contributed by atoms with Crippen LogP contribution in [0, 0.1) is 18.6 Å². The van der Waals surface area contributed by atoms with Crippen molar-refractivity contribution in [3.63, 3.8) is 0 Å². The highest BCUT2D eigenvalue weighted by atomic mass is 32.2. The number of halogens is 2. The molecule has 12 heteroatoms. The molecular formula is C25H27F2N3O5S2. The van der Waals surface area contributed by atoms with Gasteiger partial charge in [0.2, 0.25) is 20.0 Å². The second-order valence-electron chi connectivity index (χ2n) is 9.11. The Balaban J connectivity index is 1.74. The van der Waals surface area contributed by atoms with E-state index in [2.05, 4.69) is 14.8 Å². The molecule has 0 heterocycles. The van der Waals surface area contributed by atoms with Crippen LogP contribution < -0.4 is 19.5 Å². The molecule has 3 N–H and O–H groups in total. The summed E-state index contributed by atoms with van der Waals surface area (Å²) in [5, 5.41) is 1.48. The van der Waals surface area contributed by atoms with Gasteiger partial charge >= 0.3 is 0 Å². The molecule has 0 bridgehead atoms. The topological polar surface area (TPSA) is 114 Å². The van der Waals surface area contributed by atoms with Crippen LogP contribution in [0.1, 0.15) is 32.3 Å². The number of nitrogens with one attached hydrogen (secondary N) is 3. The SMILES string of the molecule is Cc1ccc(Nc2cc(F)cc(Oc3cccc(NS(=O)(=O)C(C)C)c3)c2NS(=O)(=O)C2CC2)c(F)c1. The van der Waals surface area contributed by atoms with Crippen molar-refractivity contribution in [2.45, 2.75) is 44.1 Å². The lowest BCUT2D eigenvalue weighted by atomic mass is 10.2. The van der Waals surface area contributed by atoms with Crippen molar-refractivity contribution in [3.8, 4) is 11.5 Å². The number of hydrogen-bond acceptors (Lipinski definition) is 6. The van der Waals surface area contributed by atoms with Crippen LogP contribution in [0.2, 0.25) is 0 Å². The molecule has 0 aliphatic heterocycles. The number of benzene rings is 3. The zero-order valence-electron chi connectivity index (χ0n) is 20.4. The normalized spacial score (nSPS) is 13.9. The molecule has 3 aromatic carbocycles. The van der Waals surface area contributed by atoms with E-state index in [4.69, 9.17) is 4.74 Å². The minimum atomic E-state index is -3.82. The van der Waals surface area contributed by atoms with E-state index in [1.807, 2.05) is 0 Å². The molecule has 1 aliphatic carbocycles. The lowest BCUT2D eigenvalue weighted by Crippen LogP contribution is -2.22. The van der Waals surface area contributed by atoms with Gasteiger partial charge in [-0.05, 0) is 69.5 Å². The maximum absolute atomic E-state index is 14.7. The minimum Gasteiger partial charge on any atom is -0.455 e. The Morgan fingerprint density at radius 2 is 1.65 bits per heavy atom. The van der Waals surface area contributed by atoms with E-state index >= 15 is 0 Å². The highest BCUT2D eigenvalue weighted by Crippen LogP contribution is 2.41. The van der Waals surface area contributed by atoms with Crippen molar-refractivity contribution < 1.29 is 30.4 Å². The molecule has 1 aliphatic rings. The van der Waals surface area contributed by atoms with Crippen LogP contribution >= 0.6 is 0 Å². The fourth-order valence-electron chi connectivity index (χ4n) is 3.37. The molecule has 0 atom stereocenters. The van der Waals surface area contributed by atoms with E-state index in [1.54, 1.807) is 13.0 Å². The Bertz CT molecular complexity index is 1540. The second-order valence-corrected chi connectivity index (χ2v) is 13.3. The van der Waals surface area contributed by atoms with Crippen LogP contribution in [0.3, 0.4) is 0 Å². The third-order valence-electron chi connectivity index (χ3n) is 5.61. The first-order valence-electron chi connectivity index (χ1n) is 11.5.